The maximum Gasteiger partial charge on any atom is 0.301 e. The van der Waals surface area contributed by atoms with Gasteiger partial charge in [0.1, 0.15) is 17.9 Å². The molecule has 9 nitrogen and oxygen atoms in total. The number of aromatic nitrogens is 2. The Balaban J connectivity index is 1.44. The van der Waals surface area contributed by atoms with E-state index in [0.29, 0.717) is 22.6 Å². The van der Waals surface area contributed by atoms with E-state index >= 15 is 0 Å². The third-order valence-electron chi connectivity index (χ3n) is 5.91. The number of alkyl halides is 2. The monoisotopic (exact) mass is 476 g/mol. The van der Waals surface area contributed by atoms with Gasteiger partial charge >= 0.3 is 5.92 Å². The predicted octanol–water partition coefficient (Wildman–Crippen LogP) is 1.77. The largest absolute Gasteiger partial charge is 0.484 e. The van der Waals surface area contributed by atoms with Crippen molar-refractivity contribution in [3.05, 3.63) is 36.2 Å². The highest BCUT2D eigenvalue weighted by atomic mass is 19.3. The Bertz CT molecular complexity index is 1080. The number of hydrogen-bond acceptors (Lipinski definition) is 7. The van der Waals surface area contributed by atoms with Crippen LogP contribution in [0.25, 0.3) is 11.3 Å². The number of carbonyl (C=O) groups is 2. The second kappa shape index (κ2) is 9.59. The van der Waals surface area contributed by atoms with Crippen molar-refractivity contribution in [2.75, 3.05) is 25.0 Å². The number of carbonyl (C=O) groups excluding carboxylic acids is 2. The van der Waals surface area contributed by atoms with Gasteiger partial charge in [-0.3, -0.25) is 9.59 Å². The number of aliphatic hydroxyl groups is 2. The minimum atomic E-state index is -3.34. The Labute approximate surface area is 194 Å². The lowest BCUT2D eigenvalue weighted by atomic mass is 10.0. The summed E-state index contributed by atoms with van der Waals surface area (Å²) in [6.07, 6.45) is -0.190. The molecule has 0 radical (unpaired) electrons. The zero-order valence-corrected chi connectivity index (χ0v) is 18.6. The second-order valence-electron chi connectivity index (χ2n) is 8.65. The van der Waals surface area contributed by atoms with Crippen molar-refractivity contribution >= 4 is 17.6 Å². The van der Waals surface area contributed by atoms with Crippen LogP contribution in [0.5, 0.6) is 5.75 Å². The average Bonchev–Trinajstić information content (AvgIpc) is 3.66. The van der Waals surface area contributed by atoms with E-state index in [1.165, 1.54) is 6.33 Å². The molecular formula is C23H26F2N4O5. The number of hydrogen-bond donors (Lipinski definition) is 3. The molecule has 2 heterocycles. The van der Waals surface area contributed by atoms with Crippen LogP contribution in [0.15, 0.2) is 30.6 Å². The Kier molecular flexibility index (Phi) is 6.76. The number of aryl methyl sites for hydroxylation is 1. The van der Waals surface area contributed by atoms with Crippen LogP contribution in [0.1, 0.15) is 24.8 Å². The van der Waals surface area contributed by atoms with E-state index in [1.54, 1.807) is 31.2 Å². The minimum absolute atomic E-state index is 0.0242. The van der Waals surface area contributed by atoms with Gasteiger partial charge in [0.05, 0.1) is 18.8 Å². The fraction of sp³-hybridized carbons (Fsp3) is 0.478. The zero-order chi connectivity index (χ0) is 24.5. The van der Waals surface area contributed by atoms with E-state index in [9.17, 15) is 23.5 Å². The molecule has 1 aromatic heterocycles. The molecule has 3 N–H and O–H groups in total. The van der Waals surface area contributed by atoms with Gasteiger partial charge in [0, 0.05) is 30.5 Å². The molecule has 2 atom stereocenters. The predicted molar refractivity (Wildman–Crippen MR) is 117 cm³/mol. The molecule has 1 aromatic carbocycles. The van der Waals surface area contributed by atoms with E-state index in [0.717, 1.165) is 17.7 Å². The van der Waals surface area contributed by atoms with Crippen LogP contribution in [-0.4, -0.2) is 74.7 Å². The Morgan fingerprint density at radius 1 is 1.26 bits per heavy atom. The molecule has 2 aliphatic rings. The van der Waals surface area contributed by atoms with Crippen molar-refractivity contribution in [1.29, 1.82) is 0 Å². The van der Waals surface area contributed by atoms with E-state index in [1.807, 2.05) is 0 Å². The number of rotatable bonds is 7. The van der Waals surface area contributed by atoms with Gasteiger partial charge in [-0.2, -0.15) is 0 Å². The molecule has 1 saturated carbocycles. The first-order chi connectivity index (χ1) is 16.2. The highest BCUT2D eigenvalue weighted by Crippen LogP contribution is 2.34. The van der Waals surface area contributed by atoms with Crippen LogP contribution in [0.3, 0.4) is 0 Å². The van der Waals surface area contributed by atoms with E-state index < -0.39 is 37.2 Å². The number of aliphatic hydroxyl groups excluding tert-OH is 2. The lowest BCUT2D eigenvalue weighted by Gasteiger charge is -2.38. The number of amides is 2. The Morgan fingerprint density at radius 3 is 2.68 bits per heavy atom. The molecule has 2 aromatic rings. The number of benzene rings is 1. The van der Waals surface area contributed by atoms with Crippen molar-refractivity contribution in [1.82, 2.24) is 14.9 Å². The summed E-state index contributed by atoms with van der Waals surface area (Å²) in [4.78, 5) is 33.1. The molecule has 1 aliphatic heterocycles. The third kappa shape index (κ3) is 5.31. The SMILES string of the molecule is Cc1cc(-c2cc(NC(=O)C3CC3)ncn2)ccc1O[C@H]1CCN(C(=O)[C@@H](O)CO)CC1(F)F. The van der Waals surface area contributed by atoms with E-state index in [4.69, 9.17) is 9.84 Å². The van der Waals surface area contributed by atoms with Crippen LogP contribution in [0.2, 0.25) is 0 Å². The molecule has 11 heteroatoms. The number of anilines is 1. The highest BCUT2D eigenvalue weighted by Gasteiger charge is 2.48. The van der Waals surface area contributed by atoms with Crippen molar-refractivity contribution < 1.29 is 33.3 Å². The molecule has 4 rings (SSSR count). The van der Waals surface area contributed by atoms with Crippen LogP contribution in [-0.2, 0) is 9.59 Å². The van der Waals surface area contributed by atoms with Gasteiger partial charge in [-0.1, -0.05) is 0 Å². The first-order valence-corrected chi connectivity index (χ1v) is 11.0. The van der Waals surface area contributed by atoms with Crippen LogP contribution < -0.4 is 10.1 Å². The average molecular weight is 476 g/mol. The standard InChI is InChI=1S/C23H26F2N4O5/c1-13-8-15(16-9-20(27-12-26-16)28-21(32)14-2-3-14)4-5-18(13)34-19-6-7-29(11-23(19,24)25)22(33)17(31)10-30/h4-5,8-9,12,14,17,19,30-31H,2-3,6-7,10-11H2,1H3,(H,26,27,28,32)/t17-,19-/m0/s1. The zero-order valence-electron chi connectivity index (χ0n) is 18.6. The van der Waals surface area contributed by atoms with Crippen LogP contribution in [0, 0.1) is 12.8 Å². The highest BCUT2D eigenvalue weighted by molar-refractivity contribution is 5.93. The molecule has 1 saturated heterocycles. The number of nitrogens with zero attached hydrogens (tertiary/aromatic N) is 3. The maximum atomic E-state index is 14.7. The fourth-order valence-corrected chi connectivity index (χ4v) is 3.79. The summed E-state index contributed by atoms with van der Waals surface area (Å²) in [5.41, 5.74) is 1.89. The van der Waals surface area contributed by atoms with Gasteiger partial charge in [-0.15, -0.1) is 0 Å². The number of ether oxygens (including phenoxy) is 1. The lowest BCUT2D eigenvalue weighted by molar-refractivity contribution is -0.167. The number of nitrogens with one attached hydrogen (secondary N) is 1. The third-order valence-corrected chi connectivity index (χ3v) is 5.91. The molecule has 0 spiro atoms. The van der Waals surface area contributed by atoms with Gasteiger partial charge in [-0.25, -0.2) is 18.7 Å². The van der Waals surface area contributed by atoms with Crippen LogP contribution in [0.4, 0.5) is 14.6 Å². The van der Waals surface area contributed by atoms with Gasteiger partial charge in [0.15, 0.2) is 12.2 Å². The molecule has 0 unspecified atom stereocenters. The number of piperidine rings is 1. The van der Waals surface area contributed by atoms with Gasteiger partial charge < -0.3 is 25.2 Å². The summed E-state index contributed by atoms with van der Waals surface area (Å²) >= 11 is 0. The van der Waals surface area contributed by atoms with Crippen LogP contribution >= 0.6 is 0 Å². The van der Waals surface area contributed by atoms with E-state index in [2.05, 4.69) is 15.3 Å². The summed E-state index contributed by atoms with van der Waals surface area (Å²) in [6, 6.07) is 6.67. The van der Waals surface area contributed by atoms with Crippen molar-refractivity contribution in [2.24, 2.45) is 5.92 Å². The Hall–Kier alpha value is -3.18. The molecule has 0 bridgehead atoms. The van der Waals surface area contributed by atoms with Crippen molar-refractivity contribution in [3.63, 3.8) is 0 Å². The summed E-state index contributed by atoms with van der Waals surface area (Å²) < 4.78 is 35.0. The lowest BCUT2D eigenvalue weighted by Crippen LogP contribution is -2.57. The topological polar surface area (TPSA) is 125 Å². The number of likely N-dealkylation sites (tertiary alicyclic amines) is 1. The summed E-state index contributed by atoms with van der Waals surface area (Å²) in [6.45, 7) is -0.0259. The summed E-state index contributed by atoms with van der Waals surface area (Å²) in [5.74, 6) is -3.62. The minimum Gasteiger partial charge on any atom is -0.484 e. The molecule has 1 aliphatic carbocycles. The first kappa shape index (κ1) is 24.0. The normalized spacial score (nSPS) is 20.5. The van der Waals surface area contributed by atoms with Crippen molar-refractivity contribution in [3.8, 4) is 17.0 Å². The molecule has 2 fully saturated rings. The van der Waals surface area contributed by atoms with Gasteiger partial charge in [0.25, 0.3) is 5.91 Å². The fourth-order valence-electron chi connectivity index (χ4n) is 3.79. The van der Waals surface area contributed by atoms with Gasteiger partial charge in [-0.05, 0) is 43.5 Å². The van der Waals surface area contributed by atoms with E-state index in [-0.39, 0.29) is 30.5 Å². The molecular weight excluding hydrogens is 450 g/mol. The Morgan fingerprint density at radius 2 is 2.03 bits per heavy atom. The summed E-state index contributed by atoms with van der Waals surface area (Å²) in [5, 5.41) is 21.1. The van der Waals surface area contributed by atoms with Gasteiger partial charge in [0.2, 0.25) is 5.91 Å². The number of halogens is 2. The quantitative estimate of drug-likeness (QED) is 0.556. The maximum absolute atomic E-state index is 14.7. The smallest absolute Gasteiger partial charge is 0.301 e. The second-order valence-corrected chi connectivity index (χ2v) is 8.65. The summed E-state index contributed by atoms with van der Waals surface area (Å²) in [7, 11) is 0. The molecule has 2 amide bonds. The first-order valence-electron chi connectivity index (χ1n) is 11.0. The molecule has 34 heavy (non-hydrogen) atoms. The van der Waals surface area contributed by atoms with Crippen molar-refractivity contribution in [2.45, 2.75) is 44.3 Å². The molecule has 182 valence electrons.